The van der Waals surface area contributed by atoms with Crippen LogP contribution in [-0.4, -0.2) is 29.9 Å². The number of Topliss-reactive ketones (excluding diaryl/α,β-unsaturated/α-hetero) is 1. The summed E-state index contributed by atoms with van der Waals surface area (Å²) in [6, 6.07) is 6.89. The van der Waals surface area contributed by atoms with Gasteiger partial charge in [-0.25, -0.2) is 0 Å². The Balaban J connectivity index is 1.89. The lowest BCUT2D eigenvalue weighted by molar-refractivity contribution is -0.920. The fourth-order valence-corrected chi connectivity index (χ4v) is 3.62. The molecule has 1 aromatic carbocycles. The molecule has 0 radical (unpaired) electrons. The molecule has 0 amide bonds. The Hall–Kier alpha value is -1.61. The van der Waals surface area contributed by atoms with Crippen molar-refractivity contribution in [3.63, 3.8) is 0 Å². The third-order valence-corrected chi connectivity index (χ3v) is 4.89. The molecule has 1 saturated heterocycles. The van der Waals surface area contributed by atoms with Crippen molar-refractivity contribution in [2.75, 3.05) is 13.1 Å². The van der Waals surface area contributed by atoms with Crippen molar-refractivity contribution in [2.24, 2.45) is 0 Å². The number of carbonyl (C=O) groups is 1. The Morgan fingerprint density at radius 2 is 2.14 bits per heavy atom. The first-order valence-electron chi connectivity index (χ1n) is 8.03. The van der Waals surface area contributed by atoms with Gasteiger partial charge in [0.1, 0.15) is 6.54 Å². The normalized spacial score (nSPS) is 22.6. The van der Waals surface area contributed by atoms with E-state index in [1.54, 1.807) is 0 Å². The first-order chi connectivity index (χ1) is 10.1. The molecule has 1 unspecified atom stereocenters. The predicted octanol–water partition coefficient (Wildman–Crippen LogP) is 2.42. The van der Waals surface area contributed by atoms with Gasteiger partial charge in [0.2, 0.25) is 5.78 Å². The van der Waals surface area contributed by atoms with Crippen LogP contribution in [0.2, 0.25) is 0 Å². The van der Waals surface area contributed by atoms with E-state index in [-0.39, 0.29) is 5.78 Å². The van der Waals surface area contributed by atoms with E-state index in [2.05, 4.69) is 37.0 Å². The highest BCUT2D eigenvalue weighted by atomic mass is 16.1. The summed E-state index contributed by atoms with van der Waals surface area (Å²) < 4.78 is 0. The average molecular weight is 285 g/mol. The Labute approximate surface area is 126 Å². The highest BCUT2D eigenvalue weighted by Gasteiger charge is 2.26. The Morgan fingerprint density at radius 1 is 1.33 bits per heavy atom. The number of rotatable bonds is 3. The van der Waals surface area contributed by atoms with E-state index in [1.165, 1.54) is 29.7 Å². The smallest absolute Gasteiger partial charge is 0.219 e. The second-order valence-corrected chi connectivity index (χ2v) is 6.58. The number of fused-ring (bicyclic) bond motifs is 1. The largest absolute Gasteiger partial charge is 0.358 e. The lowest BCUT2D eigenvalue weighted by Gasteiger charge is -2.29. The number of aromatic nitrogens is 1. The minimum Gasteiger partial charge on any atom is -0.358 e. The van der Waals surface area contributed by atoms with Gasteiger partial charge in [-0.3, -0.25) is 4.79 Å². The van der Waals surface area contributed by atoms with Gasteiger partial charge < -0.3 is 9.88 Å². The van der Waals surface area contributed by atoms with Crippen LogP contribution < -0.4 is 4.90 Å². The summed E-state index contributed by atoms with van der Waals surface area (Å²) in [5, 5.41) is 1.08. The molecule has 0 saturated carbocycles. The van der Waals surface area contributed by atoms with Gasteiger partial charge in [0.25, 0.3) is 0 Å². The van der Waals surface area contributed by atoms with E-state index in [1.807, 2.05) is 6.92 Å². The van der Waals surface area contributed by atoms with Crippen LogP contribution in [0.5, 0.6) is 0 Å². The number of hydrogen-bond acceptors (Lipinski definition) is 1. The molecule has 3 heteroatoms. The van der Waals surface area contributed by atoms with Gasteiger partial charge in [0, 0.05) is 16.6 Å². The van der Waals surface area contributed by atoms with Crippen LogP contribution in [0, 0.1) is 13.8 Å². The van der Waals surface area contributed by atoms with Crippen molar-refractivity contribution in [3.05, 3.63) is 35.0 Å². The Morgan fingerprint density at radius 3 is 2.90 bits per heavy atom. The second kappa shape index (κ2) is 5.64. The highest BCUT2D eigenvalue weighted by Crippen LogP contribution is 2.23. The molecule has 2 atom stereocenters. The van der Waals surface area contributed by atoms with Gasteiger partial charge in [0.05, 0.1) is 18.2 Å². The third-order valence-electron chi connectivity index (χ3n) is 4.89. The zero-order valence-electron chi connectivity index (χ0n) is 13.3. The number of benzene rings is 1. The molecule has 0 spiro atoms. The number of H-pyrrole nitrogens is 1. The van der Waals surface area contributed by atoms with Crippen molar-refractivity contribution in [3.8, 4) is 0 Å². The van der Waals surface area contributed by atoms with Gasteiger partial charge in [-0.15, -0.1) is 0 Å². The molecule has 2 aromatic rings. The second-order valence-electron chi connectivity index (χ2n) is 6.58. The number of quaternary nitrogens is 1. The van der Waals surface area contributed by atoms with Gasteiger partial charge in [-0.2, -0.15) is 0 Å². The van der Waals surface area contributed by atoms with Gasteiger partial charge >= 0.3 is 0 Å². The number of likely N-dealkylation sites (tertiary alicyclic amines) is 1. The Bertz CT molecular complexity index is 671. The van der Waals surface area contributed by atoms with E-state index in [0.717, 1.165) is 28.7 Å². The molecule has 1 aliphatic heterocycles. The van der Waals surface area contributed by atoms with E-state index in [4.69, 9.17) is 0 Å². The molecular formula is C18H25N2O+. The maximum absolute atomic E-state index is 12.8. The maximum Gasteiger partial charge on any atom is 0.219 e. The average Bonchev–Trinajstić information content (AvgIpc) is 2.76. The monoisotopic (exact) mass is 285 g/mol. The molecule has 3 rings (SSSR count). The molecular weight excluding hydrogens is 260 g/mol. The number of ketones is 1. The summed E-state index contributed by atoms with van der Waals surface area (Å²) >= 11 is 0. The first-order valence-corrected chi connectivity index (χ1v) is 8.03. The molecule has 1 aromatic heterocycles. The van der Waals surface area contributed by atoms with Crippen molar-refractivity contribution < 1.29 is 9.69 Å². The van der Waals surface area contributed by atoms with Crippen LogP contribution >= 0.6 is 0 Å². The summed E-state index contributed by atoms with van der Waals surface area (Å²) in [6.07, 6.45) is 3.80. The summed E-state index contributed by atoms with van der Waals surface area (Å²) in [7, 11) is 0. The number of carbonyl (C=O) groups excluding carboxylic acids is 1. The molecule has 0 aliphatic carbocycles. The first kappa shape index (κ1) is 14.3. The van der Waals surface area contributed by atoms with Crippen LogP contribution in [0.15, 0.2) is 18.2 Å². The van der Waals surface area contributed by atoms with Gasteiger partial charge in [-0.1, -0.05) is 12.1 Å². The lowest BCUT2D eigenvalue weighted by Crippen LogP contribution is -3.16. The highest BCUT2D eigenvalue weighted by molar-refractivity contribution is 6.09. The van der Waals surface area contributed by atoms with Crippen molar-refractivity contribution in [2.45, 2.75) is 46.1 Å². The molecule has 2 N–H and O–H groups in total. The fraction of sp³-hybridized carbons (Fsp3) is 0.500. The zero-order chi connectivity index (χ0) is 15.0. The van der Waals surface area contributed by atoms with Crippen LogP contribution in [-0.2, 0) is 0 Å². The topological polar surface area (TPSA) is 37.3 Å². The molecule has 2 heterocycles. The van der Waals surface area contributed by atoms with Crippen LogP contribution in [0.4, 0.5) is 0 Å². The number of nitrogens with one attached hydrogen (secondary N) is 2. The number of aryl methyl sites for hydroxylation is 2. The van der Waals surface area contributed by atoms with Crippen LogP contribution in [0.3, 0.4) is 0 Å². The molecule has 3 nitrogen and oxygen atoms in total. The van der Waals surface area contributed by atoms with E-state index in [0.29, 0.717) is 12.6 Å². The summed E-state index contributed by atoms with van der Waals surface area (Å²) in [5.74, 6) is 0.284. The predicted molar refractivity (Wildman–Crippen MR) is 86.1 cm³/mol. The van der Waals surface area contributed by atoms with E-state index < -0.39 is 0 Å². The summed E-state index contributed by atoms with van der Waals surface area (Å²) in [4.78, 5) is 17.6. The molecule has 112 valence electrons. The van der Waals surface area contributed by atoms with Crippen molar-refractivity contribution >= 4 is 16.7 Å². The summed E-state index contributed by atoms with van der Waals surface area (Å²) in [5.41, 5.74) is 4.20. The van der Waals surface area contributed by atoms with E-state index in [9.17, 15) is 4.79 Å². The fourth-order valence-electron chi connectivity index (χ4n) is 3.62. The van der Waals surface area contributed by atoms with Gasteiger partial charge in [-0.05, 0) is 51.7 Å². The lowest BCUT2D eigenvalue weighted by atomic mass is 10.0. The molecule has 0 bridgehead atoms. The summed E-state index contributed by atoms with van der Waals surface area (Å²) in [6.45, 7) is 8.12. The molecule has 1 aliphatic rings. The number of aromatic amines is 1. The van der Waals surface area contributed by atoms with Gasteiger partial charge in [0.15, 0.2) is 0 Å². The minimum absolute atomic E-state index is 0.284. The Kier molecular flexibility index (Phi) is 3.85. The standard InChI is InChI=1S/C18H24N2O/c1-12-7-8-15-16(10-12)19-14(3)18(15)17(21)11-20-9-5-4-6-13(20)2/h7-8,10,13,19H,4-6,9,11H2,1-3H3/p+1/t13-/m0/s1. The van der Waals surface area contributed by atoms with E-state index >= 15 is 0 Å². The maximum atomic E-state index is 12.8. The third kappa shape index (κ3) is 2.75. The number of piperidine rings is 1. The quantitative estimate of drug-likeness (QED) is 0.835. The van der Waals surface area contributed by atoms with Crippen molar-refractivity contribution in [1.29, 1.82) is 0 Å². The van der Waals surface area contributed by atoms with Crippen LogP contribution in [0.1, 0.15) is 47.8 Å². The molecule has 21 heavy (non-hydrogen) atoms. The minimum atomic E-state index is 0.284. The van der Waals surface area contributed by atoms with Crippen LogP contribution in [0.25, 0.3) is 10.9 Å². The van der Waals surface area contributed by atoms with Crippen molar-refractivity contribution in [1.82, 2.24) is 4.98 Å². The molecule has 1 fully saturated rings. The SMILES string of the molecule is Cc1ccc2c(C(=O)C[NH+]3CCCC[C@@H]3C)c(C)[nH]c2c1. The zero-order valence-corrected chi connectivity index (χ0v) is 13.3. The number of hydrogen-bond donors (Lipinski definition) is 2.